The molecule has 0 radical (unpaired) electrons. The summed E-state index contributed by atoms with van der Waals surface area (Å²) in [5.74, 6) is -0.637. The zero-order valence-electron chi connectivity index (χ0n) is 20.3. The smallest absolute Gasteiger partial charge is 0.382 e. The number of rotatable bonds is 11. The summed E-state index contributed by atoms with van der Waals surface area (Å²) in [5.41, 5.74) is -1.96. The number of Topliss-reactive ketones (excluding diaryl/α,β-unsaturated/α-hetero) is 1. The normalized spacial score (nSPS) is 17.6. The van der Waals surface area contributed by atoms with Crippen LogP contribution in [0.15, 0.2) is 48.5 Å². The lowest BCUT2D eigenvalue weighted by Crippen LogP contribution is -2.47. The molecule has 3 atom stereocenters. The van der Waals surface area contributed by atoms with Gasteiger partial charge in [0.2, 0.25) is 0 Å². The van der Waals surface area contributed by atoms with Crippen LogP contribution < -0.4 is 5.32 Å². The second-order valence-corrected chi connectivity index (χ2v) is 10.2. The lowest BCUT2D eigenvalue weighted by Gasteiger charge is -2.30. The van der Waals surface area contributed by atoms with Crippen molar-refractivity contribution in [2.24, 2.45) is 5.41 Å². The molecule has 0 heterocycles. The molecule has 2 aromatic rings. The molecule has 0 aliphatic heterocycles. The van der Waals surface area contributed by atoms with Crippen LogP contribution in [0.3, 0.4) is 0 Å². The summed E-state index contributed by atoms with van der Waals surface area (Å²) in [5, 5.41) is 21.0. The molecule has 2 aromatic carbocycles. The van der Waals surface area contributed by atoms with Gasteiger partial charge in [-0.1, -0.05) is 48.5 Å². The Bertz CT molecular complexity index is 1110. The number of nitriles is 1. The fourth-order valence-corrected chi connectivity index (χ4v) is 4.15. The van der Waals surface area contributed by atoms with Crippen molar-refractivity contribution in [3.05, 3.63) is 59.7 Å². The van der Waals surface area contributed by atoms with Crippen molar-refractivity contribution in [2.75, 3.05) is 0 Å². The fourth-order valence-electron chi connectivity index (χ4n) is 4.15. The number of nitrogens with one attached hydrogen (secondary N) is 1. The number of nitrogens with zero attached hydrogens (tertiary/aromatic N) is 1. The van der Waals surface area contributed by atoms with Crippen LogP contribution >= 0.6 is 0 Å². The van der Waals surface area contributed by atoms with Crippen molar-refractivity contribution in [3.63, 3.8) is 0 Å². The lowest BCUT2D eigenvalue weighted by atomic mass is 9.90. The van der Waals surface area contributed by atoms with Crippen molar-refractivity contribution in [1.82, 2.24) is 5.32 Å². The van der Waals surface area contributed by atoms with Crippen LogP contribution in [0.25, 0.3) is 11.1 Å². The Balaban J connectivity index is 1.84. The minimum atomic E-state index is -4.81. The van der Waals surface area contributed by atoms with Gasteiger partial charge in [-0.2, -0.15) is 18.4 Å². The van der Waals surface area contributed by atoms with Crippen LogP contribution in [0.5, 0.6) is 0 Å². The second kappa shape index (κ2) is 10.8. The predicted octanol–water partition coefficient (Wildman–Crippen LogP) is 6.61. The van der Waals surface area contributed by atoms with E-state index in [2.05, 4.69) is 5.32 Å². The van der Waals surface area contributed by atoms with E-state index in [1.807, 2.05) is 6.07 Å². The average molecular weight is 527 g/mol. The number of benzene rings is 2. The SMILES string of the molecule is CC(C)(F)C[C@H](N[C@@H](c1ccc(-c2ccc([C@@H](O)C(F)F)cc2)cc1)C(F)(F)F)C(=O)CC1(C#N)CC1. The van der Waals surface area contributed by atoms with Crippen molar-refractivity contribution in [1.29, 1.82) is 5.26 Å². The maximum absolute atomic E-state index is 14.4. The van der Waals surface area contributed by atoms with Crippen LogP contribution in [-0.2, 0) is 4.79 Å². The van der Waals surface area contributed by atoms with Gasteiger partial charge in [0.25, 0.3) is 6.43 Å². The number of ketones is 1. The number of alkyl halides is 6. The number of hydrogen-bond donors (Lipinski definition) is 2. The molecule has 0 amide bonds. The highest BCUT2D eigenvalue weighted by molar-refractivity contribution is 5.85. The van der Waals surface area contributed by atoms with E-state index < -0.39 is 54.1 Å². The Labute approximate surface area is 211 Å². The first-order valence-electron chi connectivity index (χ1n) is 11.8. The van der Waals surface area contributed by atoms with Crippen LogP contribution in [0.2, 0.25) is 0 Å². The Morgan fingerprint density at radius 1 is 1.00 bits per heavy atom. The van der Waals surface area contributed by atoms with Crippen LogP contribution in [0.4, 0.5) is 26.3 Å². The number of carbonyl (C=O) groups is 1. The fraction of sp³-hybridized carbons (Fsp3) is 0.481. The molecule has 0 unspecified atom stereocenters. The van der Waals surface area contributed by atoms with Crippen molar-refractivity contribution >= 4 is 5.78 Å². The van der Waals surface area contributed by atoms with Crippen LogP contribution in [0, 0.1) is 16.7 Å². The van der Waals surface area contributed by atoms with Gasteiger partial charge in [-0.15, -0.1) is 0 Å². The Morgan fingerprint density at radius 2 is 1.49 bits per heavy atom. The quantitative estimate of drug-likeness (QED) is 0.323. The number of halogens is 6. The minimum Gasteiger partial charge on any atom is -0.382 e. The highest BCUT2D eigenvalue weighted by Crippen LogP contribution is 2.48. The summed E-state index contributed by atoms with van der Waals surface area (Å²) >= 11 is 0. The Hall–Kier alpha value is -2.90. The number of aliphatic hydroxyl groups is 1. The molecule has 10 heteroatoms. The third-order valence-electron chi connectivity index (χ3n) is 6.44. The molecule has 3 rings (SSSR count). The monoisotopic (exact) mass is 526 g/mol. The minimum absolute atomic E-state index is 0.00702. The van der Waals surface area contributed by atoms with E-state index in [1.165, 1.54) is 62.4 Å². The number of hydrogen-bond acceptors (Lipinski definition) is 4. The average Bonchev–Trinajstić information content (AvgIpc) is 3.59. The summed E-state index contributed by atoms with van der Waals surface area (Å²) in [6.07, 6.45) is -9.47. The molecular weight excluding hydrogens is 498 g/mol. The number of carbonyl (C=O) groups excluding carboxylic acids is 1. The molecule has 0 aromatic heterocycles. The molecule has 1 aliphatic rings. The highest BCUT2D eigenvalue weighted by Gasteiger charge is 2.48. The largest absolute Gasteiger partial charge is 0.407 e. The van der Waals surface area contributed by atoms with Crippen molar-refractivity contribution in [3.8, 4) is 17.2 Å². The predicted molar refractivity (Wildman–Crippen MR) is 125 cm³/mol. The molecule has 0 bridgehead atoms. The van der Waals surface area contributed by atoms with Gasteiger partial charge in [0.15, 0.2) is 5.78 Å². The van der Waals surface area contributed by atoms with Crippen molar-refractivity contribution in [2.45, 2.75) is 76.0 Å². The third kappa shape index (κ3) is 7.55. The standard InChI is InChI=1S/C27H28F6N2O2/c1-25(2,30)13-20(21(36)14-26(15-34)11-12-26)35-23(27(31,32)33)19-9-5-17(6-10-19)16-3-7-18(8-4-16)22(37)24(28)29/h3-10,20,22-24,35,37H,11-14H2,1-2H3/t20-,22+,23-/m0/s1. The summed E-state index contributed by atoms with van der Waals surface area (Å²) < 4.78 is 82.1. The van der Waals surface area contributed by atoms with E-state index >= 15 is 0 Å². The van der Waals surface area contributed by atoms with Crippen LogP contribution in [0.1, 0.15) is 62.8 Å². The molecule has 1 fully saturated rings. The number of aliphatic hydroxyl groups excluding tert-OH is 1. The van der Waals surface area contributed by atoms with Gasteiger partial charge in [0.1, 0.15) is 17.8 Å². The second-order valence-electron chi connectivity index (χ2n) is 10.2. The molecule has 0 spiro atoms. The van der Waals surface area contributed by atoms with Gasteiger partial charge in [-0.25, -0.2) is 13.2 Å². The van der Waals surface area contributed by atoms with Gasteiger partial charge in [-0.05, 0) is 48.9 Å². The van der Waals surface area contributed by atoms with Gasteiger partial charge < -0.3 is 5.11 Å². The zero-order valence-corrected chi connectivity index (χ0v) is 20.3. The van der Waals surface area contributed by atoms with Gasteiger partial charge in [-0.3, -0.25) is 10.1 Å². The molecule has 1 saturated carbocycles. The summed E-state index contributed by atoms with van der Waals surface area (Å²) in [4.78, 5) is 12.9. The topological polar surface area (TPSA) is 73.1 Å². The van der Waals surface area contributed by atoms with E-state index in [-0.39, 0.29) is 17.5 Å². The first-order valence-corrected chi connectivity index (χ1v) is 11.8. The summed E-state index contributed by atoms with van der Waals surface area (Å²) in [6, 6.07) is 9.15. The maximum Gasteiger partial charge on any atom is 0.407 e. The molecule has 0 saturated heterocycles. The van der Waals surface area contributed by atoms with Crippen LogP contribution in [-0.4, -0.2) is 35.2 Å². The molecule has 2 N–H and O–H groups in total. The third-order valence-corrected chi connectivity index (χ3v) is 6.44. The molecular formula is C27H28F6N2O2. The van der Waals surface area contributed by atoms with Crippen molar-refractivity contribution < 1.29 is 36.2 Å². The Morgan fingerprint density at radius 3 is 1.86 bits per heavy atom. The van der Waals surface area contributed by atoms with E-state index in [4.69, 9.17) is 0 Å². The zero-order chi connectivity index (χ0) is 27.6. The molecule has 200 valence electrons. The van der Waals surface area contributed by atoms with Gasteiger partial charge in [0, 0.05) is 12.8 Å². The first kappa shape index (κ1) is 28.7. The van der Waals surface area contributed by atoms with E-state index in [0.29, 0.717) is 24.0 Å². The first-order chi connectivity index (χ1) is 17.1. The Kier molecular flexibility index (Phi) is 8.40. The molecule has 1 aliphatic carbocycles. The highest BCUT2D eigenvalue weighted by atomic mass is 19.4. The molecule has 4 nitrogen and oxygen atoms in total. The maximum atomic E-state index is 14.4. The van der Waals surface area contributed by atoms with E-state index in [1.54, 1.807) is 0 Å². The van der Waals surface area contributed by atoms with E-state index in [0.717, 1.165) is 0 Å². The van der Waals surface area contributed by atoms with Gasteiger partial charge >= 0.3 is 6.18 Å². The lowest BCUT2D eigenvalue weighted by molar-refractivity contribution is -0.161. The summed E-state index contributed by atoms with van der Waals surface area (Å²) in [7, 11) is 0. The molecule has 37 heavy (non-hydrogen) atoms. The van der Waals surface area contributed by atoms with E-state index in [9.17, 15) is 41.5 Å². The van der Waals surface area contributed by atoms with Gasteiger partial charge in [0.05, 0.1) is 17.5 Å². The summed E-state index contributed by atoms with van der Waals surface area (Å²) in [6.45, 7) is 2.35.